The van der Waals surface area contributed by atoms with E-state index in [-0.39, 0.29) is 24.3 Å². The maximum Gasteiger partial charge on any atom is 0.253 e. The quantitative estimate of drug-likeness (QED) is 0.784. The van der Waals surface area contributed by atoms with Gasteiger partial charge in [0.05, 0.1) is 13.2 Å². The van der Waals surface area contributed by atoms with Crippen molar-refractivity contribution in [2.75, 3.05) is 32.8 Å². The molecule has 0 bridgehead atoms. The lowest BCUT2D eigenvalue weighted by atomic mass is 9.94. The minimum Gasteiger partial charge on any atom is -0.367 e. The number of nitrogens with two attached hydrogens (primary N) is 1. The van der Waals surface area contributed by atoms with E-state index in [0.29, 0.717) is 44.6 Å². The average Bonchev–Trinajstić information content (AvgIpc) is 2.67. The number of rotatable bonds is 3. The van der Waals surface area contributed by atoms with Crippen LogP contribution in [-0.4, -0.2) is 66.4 Å². The normalized spacial score (nSPS) is 21.5. The number of morpholine rings is 1. The lowest BCUT2D eigenvalue weighted by Gasteiger charge is -2.37. The summed E-state index contributed by atoms with van der Waals surface area (Å²) >= 11 is 3.36. The second-order valence-electron chi connectivity index (χ2n) is 6.62. The Hall–Kier alpha value is -1.93. The van der Waals surface area contributed by atoms with E-state index >= 15 is 0 Å². The first-order valence-corrected chi connectivity index (χ1v) is 9.49. The van der Waals surface area contributed by atoms with E-state index in [1.54, 1.807) is 21.9 Å². The van der Waals surface area contributed by atoms with Gasteiger partial charge in [0.25, 0.3) is 5.91 Å². The highest BCUT2D eigenvalue weighted by Crippen LogP contribution is 2.23. The number of carbonyl (C=O) groups is 3. The van der Waals surface area contributed by atoms with Gasteiger partial charge in [0.1, 0.15) is 0 Å². The number of likely N-dealkylation sites (tertiary alicyclic amines) is 1. The van der Waals surface area contributed by atoms with Gasteiger partial charge in [0.2, 0.25) is 11.8 Å². The van der Waals surface area contributed by atoms with E-state index in [9.17, 15) is 14.4 Å². The molecule has 2 aliphatic heterocycles. The second kappa shape index (κ2) is 8.18. The number of piperidine rings is 1. The molecule has 2 saturated heterocycles. The first-order chi connectivity index (χ1) is 12.5. The van der Waals surface area contributed by atoms with Gasteiger partial charge in [-0.1, -0.05) is 15.9 Å². The van der Waals surface area contributed by atoms with Crippen molar-refractivity contribution >= 4 is 33.7 Å². The molecule has 0 aliphatic carbocycles. The van der Waals surface area contributed by atoms with Gasteiger partial charge in [-0.05, 0) is 37.1 Å². The lowest BCUT2D eigenvalue weighted by molar-refractivity contribution is -0.149. The van der Waals surface area contributed by atoms with Crippen molar-refractivity contribution in [1.82, 2.24) is 9.80 Å². The number of carbonyl (C=O) groups excluding carboxylic acids is 3. The Bertz CT molecular complexity index is 686. The average molecular weight is 424 g/mol. The molecule has 2 aliphatic rings. The van der Waals surface area contributed by atoms with Crippen LogP contribution >= 0.6 is 15.9 Å². The first-order valence-electron chi connectivity index (χ1n) is 8.70. The van der Waals surface area contributed by atoms with E-state index < -0.39 is 12.0 Å². The molecule has 7 nitrogen and oxygen atoms in total. The van der Waals surface area contributed by atoms with Crippen molar-refractivity contribution in [3.8, 4) is 0 Å². The van der Waals surface area contributed by atoms with Gasteiger partial charge in [-0.3, -0.25) is 14.4 Å². The van der Waals surface area contributed by atoms with Crippen molar-refractivity contribution in [3.05, 3.63) is 34.3 Å². The number of amides is 3. The zero-order valence-corrected chi connectivity index (χ0v) is 16.0. The molecular formula is C18H22BrN3O4. The molecule has 2 fully saturated rings. The minimum absolute atomic E-state index is 0.0106. The van der Waals surface area contributed by atoms with E-state index in [1.165, 1.54) is 0 Å². The van der Waals surface area contributed by atoms with Crippen LogP contribution < -0.4 is 5.73 Å². The van der Waals surface area contributed by atoms with Crippen LogP contribution in [-0.2, 0) is 14.3 Å². The number of benzene rings is 1. The highest BCUT2D eigenvalue weighted by molar-refractivity contribution is 9.10. The molecular weight excluding hydrogens is 402 g/mol. The molecule has 3 amide bonds. The number of hydrogen-bond acceptors (Lipinski definition) is 4. The Morgan fingerprint density at radius 2 is 1.69 bits per heavy atom. The monoisotopic (exact) mass is 423 g/mol. The van der Waals surface area contributed by atoms with Crippen molar-refractivity contribution in [2.24, 2.45) is 11.7 Å². The summed E-state index contributed by atoms with van der Waals surface area (Å²) in [6, 6.07) is 7.27. The van der Waals surface area contributed by atoms with E-state index in [0.717, 1.165) is 4.47 Å². The van der Waals surface area contributed by atoms with Crippen LogP contribution in [0.4, 0.5) is 0 Å². The fourth-order valence-corrected chi connectivity index (χ4v) is 3.65. The molecule has 140 valence electrons. The fourth-order valence-electron chi connectivity index (χ4n) is 3.38. The molecule has 3 rings (SSSR count). The van der Waals surface area contributed by atoms with E-state index in [1.807, 2.05) is 12.1 Å². The summed E-state index contributed by atoms with van der Waals surface area (Å²) in [7, 11) is 0. The Morgan fingerprint density at radius 3 is 2.31 bits per heavy atom. The molecule has 0 aromatic heterocycles. The van der Waals surface area contributed by atoms with Crippen LogP contribution in [0.1, 0.15) is 23.2 Å². The molecule has 1 aromatic rings. The van der Waals surface area contributed by atoms with Crippen LogP contribution in [0.2, 0.25) is 0 Å². The highest BCUT2D eigenvalue weighted by atomic mass is 79.9. The summed E-state index contributed by atoms with van der Waals surface area (Å²) < 4.78 is 6.22. The van der Waals surface area contributed by atoms with Crippen molar-refractivity contribution in [2.45, 2.75) is 18.9 Å². The van der Waals surface area contributed by atoms with Crippen LogP contribution in [0, 0.1) is 5.92 Å². The van der Waals surface area contributed by atoms with Gasteiger partial charge < -0.3 is 20.3 Å². The molecule has 1 aromatic carbocycles. The lowest BCUT2D eigenvalue weighted by Crippen LogP contribution is -2.53. The summed E-state index contributed by atoms with van der Waals surface area (Å²) in [4.78, 5) is 40.0. The number of hydrogen-bond donors (Lipinski definition) is 1. The fraction of sp³-hybridized carbons (Fsp3) is 0.500. The second-order valence-corrected chi connectivity index (χ2v) is 7.54. The third-order valence-corrected chi connectivity index (χ3v) is 5.45. The highest BCUT2D eigenvalue weighted by Gasteiger charge is 2.34. The van der Waals surface area contributed by atoms with Gasteiger partial charge in [0.15, 0.2) is 6.10 Å². The third kappa shape index (κ3) is 4.24. The SMILES string of the molecule is NC(=O)C1CN(C(=O)C2CCN(C(=O)c3ccc(Br)cc3)CC2)CCO1. The summed E-state index contributed by atoms with van der Waals surface area (Å²) in [6.07, 6.45) is 0.520. The molecule has 1 atom stereocenters. The number of ether oxygens (including phenoxy) is 1. The smallest absolute Gasteiger partial charge is 0.253 e. The maximum absolute atomic E-state index is 12.7. The van der Waals surface area contributed by atoms with Gasteiger partial charge in [0, 0.05) is 35.6 Å². The molecule has 0 radical (unpaired) electrons. The van der Waals surface area contributed by atoms with Crippen molar-refractivity contribution in [3.63, 3.8) is 0 Å². The predicted octanol–water partition coefficient (Wildman–Crippen LogP) is 1.01. The zero-order chi connectivity index (χ0) is 18.7. The summed E-state index contributed by atoms with van der Waals surface area (Å²) in [5, 5.41) is 0. The predicted molar refractivity (Wildman–Crippen MR) is 98.3 cm³/mol. The molecule has 0 saturated carbocycles. The number of nitrogens with zero attached hydrogens (tertiary/aromatic N) is 2. The summed E-state index contributed by atoms with van der Waals surface area (Å²) in [5.41, 5.74) is 5.92. The standard InChI is InChI=1S/C18H22BrN3O4/c19-14-3-1-12(2-4-14)17(24)21-7-5-13(6-8-21)18(25)22-9-10-26-15(11-22)16(20)23/h1-4,13,15H,5-11H2,(H2,20,23). The van der Waals surface area contributed by atoms with Gasteiger partial charge in [-0.25, -0.2) is 0 Å². The molecule has 2 heterocycles. The number of primary amides is 1. The molecule has 2 N–H and O–H groups in total. The maximum atomic E-state index is 12.7. The van der Waals surface area contributed by atoms with Crippen molar-refractivity contribution in [1.29, 1.82) is 0 Å². The summed E-state index contributed by atoms with van der Waals surface area (Å²) in [6.45, 7) is 2.11. The molecule has 0 spiro atoms. The van der Waals surface area contributed by atoms with Crippen LogP contribution in [0.15, 0.2) is 28.7 Å². The topological polar surface area (TPSA) is 92.9 Å². The third-order valence-electron chi connectivity index (χ3n) is 4.92. The van der Waals surface area contributed by atoms with Crippen LogP contribution in [0.5, 0.6) is 0 Å². The van der Waals surface area contributed by atoms with E-state index in [2.05, 4.69) is 15.9 Å². The van der Waals surface area contributed by atoms with Crippen molar-refractivity contribution < 1.29 is 19.1 Å². The molecule has 8 heteroatoms. The Morgan fingerprint density at radius 1 is 1.04 bits per heavy atom. The Kier molecular flexibility index (Phi) is 5.93. The molecule has 26 heavy (non-hydrogen) atoms. The van der Waals surface area contributed by atoms with E-state index in [4.69, 9.17) is 10.5 Å². The van der Waals surface area contributed by atoms with Gasteiger partial charge >= 0.3 is 0 Å². The van der Waals surface area contributed by atoms with Crippen LogP contribution in [0.3, 0.4) is 0 Å². The Labute approximate surface area is 160 Å². The summed E-state index contributed by atoms with van der Waals surface area (Å²) in [5.74, 6) is -0.660. The van der Waals surface area contributed by atoms with Gasteiger partial charge in [-0.2, -0.15) is 0 Å². The zero-order valence-electron chi connectivity index (χ0n) is 14.4. The molecule has 1 unspecified atom stereocenters. The first kappa shape index (κ1) is 18.8. The van der Waals surface area contributed by atoms with Gasteiger partial charge in [-0.15, -0.1) is 0 Å². The van der Waals surface area contributed by atoms with Crippen LogP contribution in [0.25, 0.3) is 0 Å². The Balaban J connectivity index is 1.54. The minimum atomic E-state index is -0.730. The largest absolute Gasteiger partial charge is 0.367 e. The number of halogens is 1.